The molecule has 0 bridgehead atoms. The lowest BCUT2D eigenvalue weighted by Gasteiger charge is -2.29. The Morgan fingerprint density at radius 2 is 1.66 bits per heavy atom. The molecule has 8 heteroatoms. The van der Waals surface area contributed by atoms with Gasteiger partial charge in [0.2, 0.25) is 0 Å². The Morgan fingerprint density at radius 1 is 0.966 bits per heavy atom. The second-order valence-corrected chi connectivity index (χ2v) is 7.22. The maximum atomic E-state index is 13.7. The first-order chi connectivity index (χ1) is 14.0. The van der Waals surface area contributed by atoms with Crippen LogP contribution < -0.4 is 24.6 Å². The van der Waals surface area contributed by atoms with E-state index in [0.717, 1.165) is 55.5 Å². The number of ether oxygens (including phenoxy) is 2. The molecule has 1 aliphatic heterocycles. The van der Waals surface area contributed by atoms with Crippen LogP contribution in [0.2, 0.25) is 0 Å². The number of quaternary nitrogens is 2. The van der Waals surface area contributed by atoms with Crippen molar-refractivity contribution in [1.29, 1.82) is 0 Å². The van der Waals surface area contributed by atoms with Crippen molar-refractivity contribution in [2.45, 2.75) is 6.54 Å². The van der Waals surface area contributed by atoms with Crippen LogP contribution in [0.4, 0.5) is 14.5 Å². The van der Waals surface area contributed by atoms with Crippen molar-refractivity contribution in [2.75, 3.05) is 52.3 Å². The molecule has 3 N–H and O–H groups in total. The number of nitrogens with one attached hydrogen (secondary N) is 3. The molecular weight excluding hydrogens is 380 g/mol. The van der Waals surface area contributed by atoms with E-state index < -0.39 is 11.6 Å². The normalized spacial score (nSPS) is 18.9. The van der Waals surface area contributed by atoms with Crippen LogP contribution in [0.5, 0.6) is 11.5 Å². The largest absolute Gasteiger partial charge is 0.493 e. The first-order valence-electron chi connectivity index (χ1n) is 9.61. The summed E-state index contributed by atoms with van der Waals surface area (Å²) in [6, 6.07) is 9.08. The summed E-state index contributed by atoms with van der Waals surface area (Å²) < 4.78 is 37.3. The Labute approximate surface area is 169 Å². The second kappa shape index (κ2) is 9.67. The van der Waals surface area contributed by atoms with Gasteiger partial charge in [0.05, 0.1) is 19.9 Å². The quantitative estimate of drug-likeness (QED) is 0.601. The van der Waals surface area contributed by atoms with Gasteiger partial charge < -0.3 is 24.6 Å². The molecule has 2 aromatic carbocycles. The fourth-order valence-corrected chi connectivity index (χ4v) is 3.60. The lowest BCUT2D eigenvalue weighted by atomic mass is 10.1. The minimum absolute atomic E-state index is 0.00788. The van der Waals surface area contributed by atoms with Crippen LogP contribution >= 0.6 is 0 Å². The van der Waals surface area contributed by atoms with Crippen molar-refractivity contribution in [2.24, 2.45) is 0 Å². The molecule has 0 unspecified atom stereocenters. The van der Waals surface area contributed by atoms with Crippen LogP contribution in [0.3, 0.4) is 0 Å². The fourth-order valence-electron chi connectivity index (χ4n) is 3.60. The molecule has 0 aromatic heterocycles. The smallest absolute Gasteiger partial charge is 0.279 e. The Kier molecular flexibility index (Phi) is 7.00. The van der Waals surface area contributed by atoms with Gasteiger partial charge in [-0.3, -0.25) is 4.79 Å². The highest BCUT2D eigenvalue weighted by atomic mass is 19.1. The van der Waals surface area contributed by atoms with Gasteiger partial charge in [-0.05, 0) is 30.3 Å². The molecule has 0 atom stereocenters. The molecule has 1 amide bonds. The molecule has 1 saturated heterocycles. The monoisotopic (exact) mass is 407 g/mol. The average Bonchev–Trinajstić information content (AvgIpc) is 2.71. The second-order valence-electron chi connectivity index (χ2n) is 7.22. The number of methoxy groups -OCH3 is 2. The molecule has 0 aliphatic carbocycles. The number of amides is 1. The third-order valence-corrected chi connectivity index (χ3v) is 5.18. The predicted molar refractivity (Wildman–Crippen MR) is 104 cm³/mol. The zero-order valence-electron chi connectivity index (χ0n) is 16.7. The van der Waals surface area contributed by atoms with E-state index in [9.17, 15) is 13.6 Å². The predicted octanol–water partition coefficient (Wildman–Crippen LogP) is -0.0959. The van der Waals surface area contributed by atoms with Crippen LogP contribution in [-0.4, -0.2) is 52.9 Å². The first kappa shape index (κ1) is 21.0. The Balaban J connectivity index is 1.47. The van der Waals surface area contributed by atoms with Crippen molar-refractivity contribution in [3.63, 3.8) is 0 Å². The van der Waals surface area contributed by atoms with E-state index in [1.165, 1.54) is 16.5 Å². The van der Waals surface area contributed by atoms with Gasteiger partial charge in [0.25, 0.3) is 5.91 Å². The molecule has 29 heavy (non-hydrogen) atoms. The van der Waals surface area contributed by atoms with Gasteiger partial charge in [0.15, 0.2) is 18.0 Å². The summed E-state index contributed by atoms with van der Waals surface area (Å²) in [4.78, 5) is 14.8. The summed E-state index contributed by atoms with van der Waals surface area (Å²) in [6.07, 6.45) is 0. The van der Waals surface area contributed by atoms with Gasteiger partial charge in [-0.25, -0.2) is 8.78 Å². The minimum atomic E-state index is -0.766. The van der Waals surface area contributed by atoms with Gasteiger partial charge in [-0.1, -0.05) is 0 Å². The molecule has 1 fully saturated rings. The highest BCUT2D eigenvalue weighted by Gasteiger charge is 2.25. The highest BCUT2D eigenvalue weighted by Crippen LogP contribution is 2.27. The molecule has 1 heterocycles. The van der Waals surface area contributed by atoms with Gasteiger partial charge in [-0.15, -0.1) is 0 Å². The van der Waals surface area contributed by atoms with Crippen molar-refractivity contribution in [1.82, 2.24) is 0 Å². The van der Waals surface area contributed by atoms with Gasteiger partial charge >= 0.3 is 0 Å². The van der Waals surface area contributed by atoms with Crippen LogP contribution in [-0.2, 0) is 11.3 Å². The fraction of sp³-hybridized carbons (Fsp3) is 0.381. The number of halogens is 2. The zero-order chi connectivity index (χ0) is 20.8. The summed E-state index contributed by atoms with van der Waals surface area (Å²) in [5, 5.41) is 2.53. The van der Waals surface area contributed by atoms with Gasteiger partial charge in [-0.2, -0.15) is 0 Å². The number of piperazine rings is 1. The lowest BCUT2D eigenvalue weighted by Crippen LogP contribution is -3.28. The molecule has 0 radical (unpaired) electrons. The summed E-state index contributed by atoms with van der Waals surface area (Å²) >= 11 is 0. The lowest BCUT2D eigenvalue weighted by molar-refractivity contribution is -1.02. The number of hydrogen-bond donors (Lipinski definition) is 3. The Hall–Kier alpha value is -2.71. The maximum absolute atomic E-state index is 13.7. The molecule has 0 saturated carbocycles. The summed E-state index contributed by atoms with van der Waals surface area (Å²) in [5.74, 6) is -0.270. The van der Waals surface area contributed by atoms with Crippen molar-refractivity contribution < 1.29 is 32.8 Å². The molecule has 6 nitrogen and oxygen atoms in total. The highest BCUT2D eigenvalue weighted by molar-refractivity contribution is 5.91. The van der Waals surface area contributed by atoms with E-state index >= 15 is 0 Å². The van der Waals surface area contributed by atoms with E-state index in [-0.39, 0.29) is 18.1 Å². The molecule has 156 valence electrons. The van der Waals surface area contributed by atoms with Crippen LogP contribution in [0.1, 0.15) is 5.56 Å². The molecule has 2 aromatic rings. The number of rotatable bonds is 7. The van der Waals surface area contributed by atoms with Crippen LogP contribution in [0.15, 0.2) is 36.4 Å². The Bertz CT molecular complexity index is 855. The van der Waals surface area contributed by atoms with Crippen molar-refractivity contribution in [3.8, 4) is 11.5 Å². The third-order valence-electron chi connectivity index (χ3n) is 5.18. The number of carbonyl (C=O) groups excluding carboxylic acids is 1. The number of benzene rings is 2. The van der Waals surface area contributed by atoms with Gasteiger partial charge in [0.1, 0.15) is 44.4 Å². The van der Waals surface area contributed by atoms with E-state index in [1.54, 1.807) is 14.2 Å². The number of anilines is 1. The zero-order valence-corrected chi connectivity index (χ0v) is 16.7. The summed E-state index contributed by atoms with van der Waals surface area (Å²) in [5.41, 5.74) is 1.18. The van der Waals surface area contributed by atoms with Crippen LogP contribution in [0, 0.1) is 11.6 Å². The summed E-state index contributed by atoms with van der Waals surface area (Å²) in [6.45, 7) is 4.70. The number of hydrogen-bond acceptors (Lipinski definition) is 3. The third kappa shape index (κ3) is 5.65. The van der Waals surface area contributed by atoms with E-state index in [2.05, 4.69) is 5.32 Å². The number of carbonyl (C=O) groups is 1. The van der Waals surface area contributed by atoms with Gasteiger partial charge in [0, 0.05) is 11.6 Å². The maximum Gasteiger partial charge on any atom is 0.279 e. The SMILES string of the molecule is COc1ccc(C[NH+]2CC[NH+](CC(=O)Nc3ccc(F)cc3F)CC2)cc1OC. The van der Waals surface area contributed by atoms with Crippen molar-refractivity contribution >= 4 is 11.6 Å². The molecule has 1 aliphatic rings. The standard InChI is InChI=1S/C21H25F2N3O3/c1-28-19-6-3-15(11-20(19)29-2)13-25-7-9-26(10-8-25)14-21(27)24-18-5-4-16(22)12-17(18)23/h3-6,11-12H,7-10,13-14H2,1-2H3,(H,24,27)/p+2. The topological polar surface area (TPSA) is 56.4 Å². The summed E-state index contributed by atoms with van der Waals surface area (Å²) in [7, 11) is 3.24. The Morgan fingerprint density at radius 3 is 2.31 bits per heavy atom. The molecule has 3 rings (SSSR count). The molecular formula is C21H27F2N3O3+2. The average molecular weight is 407 g/mol. The van der Waals surface area contributed by atoms with Crippen LogP contribution in [0.25, 0.3) is 0 Å². The first-order valence-corrected chi connectivity index (χ1v) is 9.61. The van der Waals surface area contributed by atoms with E-state index in [1.807, 2.05) is 18.2 Å². The van der Waals surface area contributed by atoms with Crippen molar-refractivity contribution in [3.05, 3.63) is 53.6 Å². The minimum Gasteiger partial charge on any atom is -0.493 e. The van der Waals surface area contributed by atoms with E-state index in [0.29, 0.717) is 5.75 Å². The van der Waals surface area contributed by atoms with E-state index in [4.69, 9.17) is 9.47 Å². The molecule has 0 spiro atoms.